The Bertz CT molecular complexity index is 583. The van der Waals surface area contributed by atoms with E-state index >= 15 is 0 Å². The Morgan fingerprint density at radius 1 is 0.196 bits per heavy atom. The fourth-order valence-electron chi connectivity index (χ4n) is 8.08. The van der Waals surface area contributed by atoms with Gasteiger partial charge in [0.1, 0.15) is 0 Å². The first-order valence-corrected chi connectivity index (χ1v) is 24.4. The Morgan fingerprint density at radius 3 is 0.431 bits per heavy atom. The summed E-state index contributed by atoms with van der Waals surface area (Å²) in [5.74, 6) is 0. The van der Waals surface area contributed by atoms with Crippen LogP contribution in [0.2, 0.25) is 0 Å². The van der Waals surface area contributed by atoms with Crippen LogP contribution < -0.4 is 17.0 Å². The normalized spacial score (nSPS) is 11.8. The lowest BCUT2D eigenvalue weighted by molar-refractivity contribution is -0.870. The predicted octanol–water partition coefficient (Wildman–Crippen LogP) is 14.9. The average molecular weight is 785 g/mol. The highest BCUT2D eigenvalue weighted by Gasteiger charge is 2.05. The van der Waals surface area contributed by atoms with Crippen LogP contribution in [-0.4, -0.2) is 32.2 Å². The largest absolute Gasteiger partial charge is 1.00 e. The van der Waals surface area contributed by atoms with E-state index in [1.165, 1.54) is 289 Å². The van der Waals surface area contributed by atoms with E-state index in [1.54, 1.807) is 0 Å². The standard InChI is InChI=1S/C49H102N.BrH/c1-5-6-7-8-9-10-11-12-13-14-15-16-17-18-19-20-21-22-23-24-25-26-27-28-29-30-31-32-33-34-35-36-37-38-39-40-41-42-43-44-45-46-47-48-49-50(2,3)4;/h5-49H2,1-4H3;1H/q+1;/p-1. The number of hydrogen-bond donors (Lipinski definition) is 0. The molecule has 0 unspecified atom stereocenters. The summed E-state index contributed by atoms with van der Waals surface area (Å²) >= 11 is 0. The Morgan fingerprint density at radius 2 is 0.314 bits per heavy atom. The lowest BCUT2D eigenvalue weighted by Crippen LogP contribution is -3.00. The highest BCUT2D eigenvalue weighted by atomic mass is 79.9. The van der Waals surface area contributed by atoms with Gasteiger partial charge in [0, 0.05) is 0 Å². The van der Waals surface area contributed by atoms with Crippen molar-refractivity contribution in [2.75, 3.05) is 27.7 Å². The van der Waals surface area contributed by atoms with Crippen LogP contribution in [0.1, 0.15) is 289 Å². The highest BCUT2D eigenvalue weighted by molar-refractivity contribution is 4.54. The highest BCUT2D eigenvalue weighted by Crippen LogP contribution is 2.18. The summed E-state index contributed by atoms with van der Waals surface area (Å²) in [5.41, 5.74) is 0. The Labute approximate surface area is 337 Å². The van der Waals surface area contributed by atoms with Gasteiger partial charge >= 0.3 is 0 Å². The van der Waals surface area contributed by atoms with Gasteiger partial charge in [0.2, 0.25) is 0 Å². The third kappa shape index (κ3) is 52.6. The zero-order valence-electron chi connectivity index (χ0n) is 36.6. The van der Waals surface area contributed by atoms with Crippen LogP contribution in [0.3, 0.4) is 0 Å². The molecule has 0 aliphatic heterocycles. The number of hydrogen-bond acceptors (Lipinski definition) is 0. The van der Waals surface area contributed by atoms with Gasteiger partial charge in [0.15, 0.2) is 0 Å². The zero-order chi connectivity index (χ0) is 36.3. The van der Waals surface area contributed by atoms with E-state index in [0.29, 0.717) is 0 Å². The topological polar surface area (TPSA) is 0 Å². The summed E-state index contributed by atoms with van der Waals surface area (Å²) in [6.45, 7) is 3.65. The number of halogens is 1. The van der Waals surface area contributed by atoms with E-state index in [9.17, 15) is 0 Å². The minimum Gasteiger partial charge on any atom is -1.00 e. The number of nitrogens with zero attached hydrogens (tertiary/aromatic N) is 1. The van der Waals surface area contributed by atoms with E-state index in [4.69, 9.17) is 0 Å². The van der Waals surface area contributed by atoms with Gasteiger partial charge in [-0.2, -0.15) is 0 Å². The first kappa shape index (κ1) is 53.5. The fraction of sp³-hybridized carbons (Fsp3) is 1.00. The Hall–Kier alpha value is 0.440. The number of unbranched alkanes of at least 4 members (excludes halogenated alkanes) is 43. The van der Waals surface area contributed by atoms with Crippen molar-refractivity contribution in [3.05, 3.63) is 0 Å². The molecule has 0 aliphatic rings. The first-order valence-electron chi connectivity index (χ1n) is 24.4. The maximum atomic E-state index is 2.31. The molecule has 0 atom stereocenters. The molecule has 0 aliphatic carbocycles. The molecule has 0 saturated heterocycles. The third-order valence-electron chi connectivity index (χ3n) is 11.7. The van der Waals surface area contributed by atoms with E-state index in [-0.39, 0.29) is 17.0 Å². The van der Waals surface area contributed by atoms with Gasteiger partial charge < -0.3 is 21.5 Å². The van der Waals surface area contributed by atoms with Crippen molar-refractivity contribution in [1.29, 1.82) is 0 Å². The van der Waals surface area contributed by atoms with E-state index in [0.717, 1.165) is 4.48 Å². The molecule has 0 radical (unpaired) electrons. The minimum absolute atomic E-state index is 0. The van der Waals surface area contributed by atoms with E-state index in [1.807, 2.05) is 0 Å². The summed E-state index contributed by atoms with van der Waals surface area (Å²) in [6.07, 6.45) is 65.3. The molecule has 0 N–H and O–H groups in total. The minimum atomic E-state index is 0. The summed E-state index contributed by atoms with van der Waals surface area (Å²) < 4.78 is 1.12. The van der Waals surface area contributed by atoms with Crippen LogP contribution in [0.4, 0.5) is 0 Å². The monoisotopic (exact) mass is 784 g/mol. The van der Waals surface area contributed by atoms with E-state index in [2.05, 4.69) is 28.1 Å². The second-order valence-corrected chi connectivity index (χ2v) is 18.2. The molecule has 51 heavy (non-hydrogen) atoms. The molecule has 0 aromatic heterocycles. The molecule has 0 saturated carbocycles. The molecular formula is C49H102BrN. The molecule has 0 aromatic rings. The lowest BCUT2D eigenvalue weighted by Gasteiger charge is -2.23. The van der Waals surface area contributed by atoms with Gasteiger partial charge in [0.05, 0.1) is 27.7 Å². The smallest absolute Gasteiger partial charge is 0.0780 e. The zero-order valence-corrected chi connectivity index (χ0v) is 38.2. The van der Waals surface area contributed by atoms with E-state index < -0.39 is 0 Å². The second kappa shape index (κ2) is 46.6. The third-order valence-corrected chi connectivity index (χ3v) is 11.7. The summed E-state index contributed by atoms with van der Waals surface area (Å²) in [6, 6.07) is 0. The second-order valence-electron chi connectivity index (χ2n) is 18.2. The van der Waals surface area contributed by atoms with Crippen molar-refractivity contribution >= 4 is 0 Å². The number of quaternary nitrogens is 1. The molecule has 310 valence electrons. The van der Waals surface area contributed by atoms with Crippen molar-refractivity contribution < 1.29 is 21.5 Å². The maximum absolute atomic E-state index is 2.31. The van der Waals surface area contributed by atoms with Crippen LogP contribution >= 0.6 is 0 Å². The van der Waals surface area contributed by atoms with Crippen molar-refractivity contribution in [3.63, 3.8) is 0 Å². The fourth-order valence-corrected chi connectivity index (χ4v) is 8.08. The summed E-state index contributed by atoms with van der Waals surface area (Å²) in [7, 11) is 6.94. The lowest BCUT2D eigenvalue weighted by atomic mass is 10.0. The number of rotatable bonds is 45. The molecule has 0 aromatic carbocycles. The molecular weight excluding hydrogens is 682 g/mol. The molecule has 0 bridgehead atoms. The van der Waals surface area contributed by atoms with Gasteiger partial charge in [-0.1, -0.05) is 277 Å². The van der Waals surface area contributed by atoms with Gasteiger partial charge in [-0.05, 0) is 12.8 Å². The van der Waals surface area contributed by atoms with Crippen molar-refractivity contribution in [2.24, 2.45) is 0 Å². The molecule has 1 nitrogen and oxygen atoms in total. The van der Waals surface area contributed by atoms with Gasteiger partial charge in [-0.3, -0.25) is 0 Å². The molecule has 0 amide bonds. The summed E-state index contributed by atoms with van der Waals surface area (Å²) in [5, 5.41) is 0. The Balaban J connectivity index is 0. The van der Waals surface area contributed by atoms with Crippen molar-refractivity contribution in [1.82, 2.24) is 0 Å². The van der Waals surface area contributed by atoms with Crippen LogP contribution in [0.25, 0.3) is 0 Å². The molecule has 0 spiro atoms. The maximum Gasteiger partial charge on any atom is 0.0780 e. The van der Waals surface area contributed by atoms with Gasteiger partial charge in [0.25, 0.3) is 0 Å². The first-order chi connectivity index (χ1) is 24.6. The van der Waals surface area contributed by atoms with Crippen LogP contribution in [0, 0.1) is 0 Å². The average Bonchev–Trinajstić information content (AvgIpc) is 3.09. The molecule has 0 fully saturated rings. The molecule has 2 heteroatoms. The Kier molecular flexibility index (Phi) is 48.9. The molecule has 0 rings (SSSR count). The predicted molar refractivity (Wildman–Crippen MR) is 232 cm³/mol. The van der Waals surface area contributed by atoms with Crippen molar-refractivity contribution in [3.8, 4) is 0 Å². The van der Waals surface area contributed by atoms with Crippen molar-refractivity contribution in [2.45, 2.75) is 289 Å². The van der Waals surface area contributed by atoms with Crippen LogP contribution in [-0.2, 0) is 0 Å². The molecule has 0 heterocycles. The summed E-state index contributed by atoms with van der Waals surface area (Å²) in [4.78, 5) is 0. The van der Waals surface area contributed by atoms with Gasteiger partial charge in [-0.25, -0.2) is 0 Å². The van der Waals surface area contributed by atoms with Gasteiger partial charge in [-0.15, -0.1) is 0 Å². The van der Waals surface area contributed by atoms with Crippen LogP contribution in [0.15, 0.2) is 0 Å². The quantitative estimate of drug-likeness (QED) is 0.0426. The SMILES string of the molecule is CCCCCCCCCCCCCCCCCCCCCCCCCCCCCCCCCCCCCCCCCCCCCC[N+](C)(C)C.[Br-]. The van der Waals surface area contributed by atoms with Crippen LogP contribution in [0.5, 0.6) is 0 Å².